The normalized spacial score (nSPS) is 13.7. The molecule has 10 rings (SSSR count). The van der Waals surface area contributed by atoms with Gasteiger partial charge in [-0.05, 0) is 101 Å². The van der Waals surface area contributed by atoms with Crippen molar-refractivity contribution in [3.8, 4) is 10.4 Å². The SMILES string of the molecule is Cc1c2cc(C(C)(C)C(C)(C)c3cc4c(n(C)c3=O)C=C(c3ccc(C(C)(C)c5ccccc5)s3)CN4C)sc2c(C)c2cc(-c3cc4c(cc(C(C)(C)c5ccccc5)c(=O)n4C)n(C)c3=O)sc12. The van der Waals surface area contributed by atoms with Gasteiger partial charge in [-0.15, -0.1) is 34.0 Å². The fourth-order valence-electron chi connectivity index (χ4n) is 10.7. The molecule has 1 aliphatic heterocycles. The van der Waals surface area contributed by atoms with Crippen LogP contribution < -0.4 is 21.6 Å². The minimum atomic E-state index is -0.563. The number of nitrogens with zero attached hydrogens (tertiary/aromatic N) is 4. The lowest BCUT2D eigenvalue weighted by Crippen LogP contribution is -2.45. The Morgan fingerprint density at radius 2 is 1.06 bits per heavy atom. The maximum absolute atomic E-state index is 14.7. The predicted molar refractivity (Wildman–Crippen MR) is 300 cm³/mol. The number of likely N-dealkylation sites (N-methyl/N-ethyl adjacent to an activating group) is 1. The number of anilines is 1. The van der Waals surface area contributed by atoms with Crippen molar-refractivity contribution < 1.29 is 0 Å². The van der Waals surface area contributed by atoms with Crippen molar-refractivity contribution in [2.75, 3.05) is 18.5 Å². The van der Waals surface area contributed by atoms with Gasteiger partial charge in [0.15, 0.2) is 0 Å². The fourth-order valence-corrected chi connectivity index (χ4v) is 14.6. The van der Waals surface area contributed by atoms with Crippen molar-refractivity contribution in [2.45, 2.75) is 90.9 Å². The van der Waals surface area contributed by atoms with Crippen LogP contribution in [-0.4, -0.2) is 27.3 Å². The zero-order valence-corrected chi connectivity index (χ0v) is 45.3. The van der Waals surface area contributed by atoms with E-state index in [2.05, 4.69) is 148 Å². The zero-order chi connectivity index (χ0) is 50.1. The minimum Gasteiger partial charge on any atom is -0.369 e. The van der Waals surface area contributed by atoms with Gasteiger partial charge in [-0.3, -0.25) is 14.4 Å². The molecule has 0 fully saturated rings. The Morgan fingerprint density at radius 3 is 1.70 bits per heavy atom. The molecular formula is C60H62N4O3S3. The number of pyridine rings is 3. The largest absolute Gasteiger partial charge is 0.369 e. The van der Waals surface area contributed by atoms with E-state index in [1.54, 1.807) is 27.5 Å². The van der Waals surface area contributed by atoms with Crippen LogP contribution in [0, 0.1) is 13.8 Å². The summed E-state index contributed by atoms with van der Waals surface area (Å²) in [5, 5.41) is 2.33. The number of aromatic nitrogens is 3. The maximum Gasteiger partial charge on any atom is 0.259 e. The molecule has 0 saturated heterocycles. The van der Waals surface area contributed by atoms with Crippen LogP contribution in [0.2, 0.25) is 0 Å². The lowest BCUT2D eigenvalue weighted by molar-refractivity contribution is 0.304. The Balaban J connectivity index is 0.995. The van der Waals surface area contributed by atoms with E-state index in [1.807, 2.05) is 83.8 Å². The first kappa shape index (κ1) is 47.6. The highest BCUT2D eigenvalue weighted by Crippen LogP contribution is 2.51. The van der Waals surface area contributed by atoms with Gasteiger partial charge in [0.1, 0.15) is 0 Å². The van der Waals surface area contributed by atoms with Gasteiger partial charge in [0.25, 0.3) is 16.7 Å². The van der Waals surface area contributed by atoms with Crippen molar-refractivity contribution in [1.29, 1.82) is 0 Å². The molecule has 7 nitrogen and oxygen atoms in total. The lowest BCUT2D eigenvalue weighted by atomic mass is 9.63. The van der Waals surface area contributed by atoms with Gasteiger partial charge >= 0.3 is 0 Å². The quantitative estimate of drug-likeness (QED) is 0.144. The van der Waals surface area contributed by atoms with Crippen molar-refractivity contribution in [3.63, 3.8) is 0 Å². The first-order valence-corrected chi connectivity index (χ1v) is 26.5. The summed E-state index contributed by atoms with van der Waals surface area (Å²) in [6, 6.07) is 35.7. The zero-order valence-electron chi connectivity index (χ0n) is 42.8. The second-order valence-electron chi connectivity index (χ2n) is 21.7. The molecule has 0 N–H and O–H groups in total. The summed E-state index contributed by atoms with van der Waals surface area (Å²) in [5.41, 5.74) is 9.55. The molecular weight excluding hydrogens is 921 g/mol. The van der Waals surface area contributed by atoms with E-state index in [0.29, 0.717) is 16.6 Å². The minimum absolute atomic E-state index is 0.0256. The summed E-state index contributed by atoms with van der Waals surface area (Å²) in [6.45, 7) is 22.8. The van der Waals surface area contributed by atoms with Crippen LogP contribution in [0.15, 0.2) is 118 Å². The molecule has 0 saturated carbocycles. The van der Waals surface area contributed by atoms with E-state index in [4.69, 9.17) is 0 Å². The topological polar surface area (TPSA) is 69.2 Å². The molecule has 0 bridgehead atoms. The first-order chi connectivity index (χ1) is 33.0. The number of fused-ring (bicyclic) bond motifs is 4. The molecule has 3 aromatic carbocycles. The van der Waals surface area contributed by atoms with Gasteiger partial charge in [-0.1, -0.05) is 116 Å². The Labute approximate surface area is 422 Å². The Bertz CT molecular complexity index is 3770. The predicted octanol–water partition coefficient (Wildman–Crippen LogP) is 13.6. The average molecular weight is 983 g/mol. The standard InChI is InChI=1S/C60H62N4O3S3/c1-34-39-29-49(41-28-46-47(62(12)54(41)65)31-42(55(66)64(46)14)57(3,4)37-21-17-15-18-22-37)69-52(39)35(2)40-30-51(70-53(34)40)60(9,10)59(7,8)43-32-44-45(63(13)56(43)67)27-36(33-61(44)11)48-25-26-50(68-48)58(5,6)38-23-19-16-20-24-38/h15-32H,33H2,1-14H3. The molecule has 0 aliphatic carbocycles. The van der Waals surface area contributed by atoms with Crippen LogP contribution >= 0.6 is 34.0 Å². The molecule has 7 heterocycles. The molecule has 0 amide bonds. The van der Waals surface area contributed by atoms with Gasteiger partial charge in [0, 0.05) is 96.4 Å². The van der Waals surface area contributed by atoms with Gasteiger partial charge < -0.3 is 18.6 Å². The number of hydrogen-bond donors (Lipinski definition) is 0. The van der Waals surface area contributed by atoms with E-state index in [-0.39, 0.29) is 22.1 Å². The third-order valence-electron chi connectivity index (χ3n) is 16.5. The highest BCUT2D eigenvalue weighted by Gasteiger charge is 2.44. The number of aryl methyl sites for hydroxylation is 4. The highest BCUT2D eigenvalue weighted by atomic mass is 32.1. The summed E-state index contributed by atoms with van der Waals surface area (Å²) in [4.78, 5) is 50.1. The van der Waals surface area contributed by atoms with Gasteiger partial charge in [-0.2, -0.15) is 0 Å². The van der Waals surface area contributed by atoms with Gasteiger partial charge in [0.2, 0.25) is 0 Å². The number of thiophene rings is 3. The molecule has 0 spiro atoms. The molecule has 70 heavy (non-hydrogen) atoms. The molecule has 6 aromatic heterocycles. The summed E-state index contributed by atoms with van der Waals surface area (Å²) in [5.74, 6) is 0. The third kappa shape index (κ3) is 7.10. The Kier molecular flexibility index (Phi) is 11.2. The summed E-state index contributed by atoms with van der Waals surface area (Å²) >= 11 is 5.29. The summed E-state index contributed by atoms with van der Waals surface area (Å²) < 4.78 is 7.62. The number of rotatable bonds is 9. The molecule has 0 atom stereocenters. The monoisotopic (exact) mass is 982 g/mol. The summed E-state index contributed by atoms with van der Waals surface area (Å²) in [6.07, 6.45) is 2.22. The van der Waals surface area contributed by atoms with Crippen LogP contribution in [0.25, 0.3) is 53.3 Å². The van der Waals surface area contributed by atoms with E-state index in [9.17, 15) is 14.4 Å². The van der Waals surface area contributed by atoms with Gasteiger partial charge in [0.05, 0.1) is 28.0 Å². The number of hydrogen-bond acceptors (Lipinski definition) is 7. The van der Waals surface area contributed by atoms with Crippen LogP contribution in [0.5, 0.6) is 0 Å². The van der Waals surface area contributed by atoms with E-state index in [1.165, 1.54) is 47.0 Å². The molecule has 358 valence electrons. The third-order valence-corrected chi connectivity index (χ3v) is 20.8. The van der Waals surface area contributed by atoms with Crippen molar-refractivity contribution in [3.05, 3.63) is 188 Å². The Hall–Kier alpha value is -6.07. The van der Waals surface area contributed by atoms with Crippen molar-refractivity contribution in [1.82, 2.24) is 13.7 Å². The number of benzene rings is 3. The van der Waals surface area contributed by atoms with E-state index < -0.39 is 16.2 Å². The van der Waals surface area contributed by atoms with E-state index in [0.717, 1.165) is 49.5 Å². The maximum atomic E-state index is 14.7. The first-order valence-electron chi connectivity index (χ1n) is 24.1. The van der Waals surface area contributed by atoms with Crippen LogP contribution in [0.4, 0.5) is 5.69 Å². The van der Waals surface area contributed by atoms with Crippen molar-refractivity contribution in [2.24, 2.45) is 21.1 Å². The van der Waals surface area contributed by atoms with Crippen molar-refractivity contribution >= 4 is 82.6 Å². The smallest absolute Gasteiger partial charge is 0.259 e. The van der Waals surface area contributed by atoms with Crippen LogP contribution in [-0.2, 0) is 42.8 Å². The second kappa shape index (κ2) is 16.5. The molecule has 9 aromatic rings. The Morgan fingerprint density at radius 1 is 0.500 bits per heavy atom. The summed E-state index contributed by atoms with van der Waals surface area (Å²) in [7, 11) is 7.67. The van der Waals surface area contributed by atoms with E-state index >= 15 is 0 Å². The molecule has 10 heteroatoms. The fraction of sp³-hybridized carbons (Fsp3) is 0.317. The molecule has 0 unspecified atom stereocenters. The second-order valence-corrected chi connectivity index (χ2v) is 24.9. The van der Waals surface area contributed by atoms with Crippen LogP contribution in [0.3, 0.4) is 0 Å². The lowest BCUT2D eigenvalue weighted by Gasteiger charge is -2.42. The molecule has 1 aliphatic rings. The van der Waals surface area contributed by atoms with Crippen LogP contribution in [0.1, 0.15) is 109 Å². The average Bonchev–Trinajstić information content (AvgIpc) is 4.13. The highest BCUT2D eigenvalue weighted by molar-refractivity contribution is 7.23. The molecule has 0 radical (unpaired) electrons. The van der Waals surface area contributed by atoms with Gasteiger partial charge in [-0.25, -0.2) is 0 Å².